The van der Waals surface area contributed by atoms with E-state index in [-0.39, 0.29) is 10.5 Å². The molecule has 0 atom stereocenters. The van der Waals surface area contributed by atoms with Crippen LogP contribution in [-0.2, 0) is 14.8 Å². The predicted molar refractivity (Wildman–Crippen MR) is 102 cm³/mol. The first kappa shape index (κ1) is 20.2. The molecule has 2 aromatic carbocycles. The van der Waals surface area contributed by atoms with Crippen LogP contribution in [0.3, 0.4) is 0 Å². The van der Waals surface area contributed by atoms with E-state index in [1.165, 1.54) is 30.3 Å². The van der Waals surface area contributed by atoms with Crippen LogP contribution in [0.2, 0.25) is 0 Å². The van der Waals surface area contributed by atoms with E-state index in [4.69, 9.17) is 9.88 Å². The average molecular weight is 385 g/mol. The Kier molecular flexibility index (Phi) is 6.71. The summed E-state index contributed by atoms with van der Waals surface area (Å²) in [7, 11) is -3.81. The van der Waals surface area contributed by atoms with Crippen molar-refractivity contribution in [3.8, 4) is 11.8 Å². The lowest BCUT2D eigenvalue weighted by molar-refractivity contribution is -0.112. The average Bonchev–Trinajstić information content (AvgIpc) is 2.64. The number of nitrogens with two attached hydrogens (primary N) is 1. The fraction of sp³-hybridized carbons (Fsp3) is 0.158. The highest BCUT2D eigenvalue weighted by molar-refractivity contribution is 7.89. The molecule has 0 spiro atoms. The number of para-hydroxylation sites is 1. The van der Waals surface area contributed by atoms with Crippen LogP contribution >= 0.6 is 0 Å². The van der Waals surface area contributed by atoms with Crippen molar-refractivity contribution >= 4 is 27.7 Å². The molecule has 0 aliphatic carbocycles. The first-order valence-corrected chi connectivity index (χ1v) is 9.67. The predicted octanol–water partition coefficient (Wildman–Crippen LogP) is 2.67. The zero-order valence-corrected chi connectivity index (χ0v) is 15.5. The van der Waals surface area contributed by atoms with Crippen molar-refractivity contribution in [2.24, 2.45) is 5.14 Å². The zero-order chi connectivity index (χ0) is 19.9. The summed E-state index contributed by atoms with van der Waals surface area (Å²) in [4.78, 5) is 12.3. The first-order valence-electron chi connectivity index (χ1n) is 8.13. The molecule has 0 aliphatic heterocycles. The molecule has 0 radical (unpaired) electrons. The van der Waals surface area contributed by atoms with E-state index in [1.54, 1.807) is 18.2 Å². The molecule has 3 N–H and O–H groups in total. The standard InChI is InChI=1S/C19H19N3O4S/c1-2-11-26-18-6-4-3-5-14(18)12-15(13-20)19(23)22-16-7-9-17(10-8-16)27(21,24)25/h3-10,12H,2,11H2,1H3,(H,22,23)(H2,21,24,25)/b15-12+. The Labute approximate surface area is 158 Å². The van der Waals surface area contributed by atoms with Crippen molar-refractivity contribution in [3.63, 3.8) is 0 Å². The van der Waals surface area contributed by atoms with Gasteiger partial charge in [0.05, 0.1) is 11.5 Å². The normalized spacial score (nSPS) is 11.5. The van der Waals surface area contributed by atoms with Gasteiger partial charge in [0.15, 0.2) is 0 Å². The van der Waals surface area contributed by atoms with Gasteiger partial charge in [0.25, 0.3) is 5.91 Å². The largest absolute Gasteiger partial charge is 0.493 e. The van der Waals surface area contributed by atoms with Gasteiger partial charge in [-0.25, -0.2) is 13.6 Å². The molecular weight excluding hydrogens is 366 g/mol. The summed E-state index contributed by atoms with van der Waals surface area (Å²) >= 11 is 0. The minimum absolute atomic E-state index is 0.0708. The Balaban J connectivity index is 2.21. The van der Waals surface area contributed by atoms with Crippen LogP contribution in [0.5, 0.6) is 5.75 Å². The molecule has 1 amide bonds. The lowest BCUT2D eigenvalue weighted by atomic mass is 10.1. The molecule has 140 valence electrons. The Morgan fingerprint density at radius 1 is 1.22 bits per heavy atom. The molecule has 0 saturated carbocycles. The molecule has 0 aliphatic rings. The van der Waals surface area contributed by atoms with Gasteiger partial charge in [-0.15, -0.1) is 0 Å². The van der Waals surface area contributed by atoms with Gasteiger partial charge in [0, 0.05) is 11.3 Å². The Morgan fingerprint density at radius 3 is 2.48 bits per heavy atom. The number of nitrogens with zero attached hydrogens (tertiary/aromatic N) is 1. The fourth-order valence-corrected chi connectivity index (χ4v) is 2.69. The molecule has 2 rings (SSSR count). The van der Waals surface area contributed by atoms with Crippen molar-refractivity contribution in [2.45, 2.75) is 18.2 Å². The fourth-order valence-electron chi connectivity index (χ4n) is 2.17. The van der Waals surface area contributed by atoms with Crippen LogP contribution in [0.1, 0.15) is 18.9 Å². The van der Waals surface area contributed by atoms with Gasteiger partial charge in [-0.3, -0.25) is 4.79 Å². The van der Waals surface area contributed by atoms with Gasteiger partial charge in [-0.1, -0.05) is 25.1 Å². The van der Waals surface area contributed by atoms with Crippen LogP contribution in [0, 0.1) is 11.3 Å². The molecule has 7 nitrogen and oxygen atoms in total. The number of primary sulfonamides is 1. The Morgan fingerprint density at radius 2 is 1.89 bits per heavy atom. The molecular formula is C19H19N3O4S. The number of sulfonamides is 1. The van der Waals surface area contributed by atoms with Crippen LogP contribution in [0.15, 0.2) is 59.0 Å². The first-order chi connectivity index (χ1) is 12.8. The summed E-state index contributed by atoms with van der Waals surface area (Å²) in [6.45, 7) is 2.50. The minimum atomic E-state index is -3.81. The monoisotopic (exact) mass is 385 g/mol. The molecule has 0 heterocycles. The molecule has 8 heteroatoms. The summed E-state index contributed by atoms with van der Waals surface area (Å²) in [5.74, 6) is -0.0384. The minimum Gasteiger partial charge on any atom is -0.493 e. The number of nitrogens with one attached hydrogen (secondary N) is 1. The lowest BCUT2D eigenvalue weighted by Crippen LogP contribution is -2.14. The highest BCUT2D eigenvalue weighted by Crippen LogP contribution is 2.22. The van der Waals surface area contributed by atoms with Crippen LogP contribution in [-0.4, -0.2) is 20.9 Å². The number of carbonyl (C=O) groups excluding carboxylic acids is 1. The second-order valence-corrected chi connectivity index (χ2v) is 7.14. The van der Waals surface area contributed by atoms with Gasteiger partial charge in [-0.05, 0) is 42.8 Å². The van der Waals surface area contributed by atoms with Crippen molar-refractivity contribution in [2.75, 3.05) is 11.9 Å². The van der Waals surface area contributed by atoms with Crippen LogP contribution in [0.25, 0.3) is 6.08 Å². The molecule has 0 saturated heterocycles. The maximum Gasteiger partial charge on any atom is 0.266 e. The number of anilines is 1. The highest BCUT2D eigenvalue weighted by Gasteiger charge is 2.12. The number of rotatable bonds is 7. The molecule has 2 aromatic rings. The SMILES string of the molecule is CCCOc1ccccc1/C=C(\C#N)C(=O)Nc1ccc(S(N)(=O)=O)cc1. The van der Waals surface area contributed by atoms with Crippen molar-refractivity contribution in [1.82, 2.24) is 0 Å². The van der Waals surface area contributed by atoms with E-state index in [0.29, 0.717) is 23.6 Å². The lowest BCUT2D eigenvalue weighted by Gasteiger charge is -2.09. The summed E-state index contributed by atoms with van der Waals surface area (Å²) < 4.78 is 28.1. The Hall–Kier alpha value is -3.15. The van der Waals surface area contributed by atoms with Gasteiger partial charge in [-0.2, -0.15) is 5.26 Å². The van der Waals surface area contributed by atoms with E-state index < -0.39 is 15.9 Å². The quantitative estimate of drug-likeness (QED) is 0.560. The van der Waals surface area contributed by atoms with Crippen LogP contribution < -0.4 is 15.2 Å². The number of carbonyl (C=O) groups is 1. The van der Waals surface area contributed by atoms with Gasteiger partial charge in [0.1, 0.15) is 17.4 Å². The van der Waals surface area contributed by atoms with Crippen LogP contribution in [0.4, 0.5) is 5.69 Å². The second-order valence-electron chi connectivity index (χ2n) is 5.58. The van der Waals surface area contributed by atoms with E-state index in [9.17, 15) is 18.5 Å². The van der Waals surface area contributed by atoms with Gasteiger partial charge >= 0.3 is 0 Å². The maximum absolute atomic E-state index is 12.4. The van der Waals surface area contributed by atoms with E-state index in [1.807, 2.05) is 19.1 Å². The van der Waals surface area contributed by atoms with E-state index >= 15 is 0 Å². The van der Waals surface area contributed by atoms with E-state index in [0.717, 1.165) is 6.42 Å². The third-order valence-corrected chi connectivity index (χ3v) is 4.42. The number of ether oxygens (including phenoxy) is 1. The topological polar surface area (TPSA) is 122 Å². The summed E-state index contributed by atoms with van der Waals surface area (Å²) in [5.41, 5.74) is 0.837. The zero-order valence-electron chi connectivity index (χ0n) is 14.7. The van der Waals surface area contributed by atoms with Crippen molar-refractivity contribution in [1.29, 1.82) is 5.26 Å². The number of benzene rings is 2. The summed E-state index contributed by atoms with van der Waals surface area (Å²) in [6.07, 6.45) is 2.27. The van der Waals surface area contributed by atoms with Gasteiger partial charge < -0.3 is 10.1 Å². The molecule has 0 bridgehead atoms. The summed E-state index contributed by atoms with van der Waals surface area (Å²) in [6, 6.07) is 14.3. The van der Waals surface area contributed by atoms with Crippen molar-refractivity contribution in [3.05, 3.63) is 59.7 Å². The number of nitriles is 1. The number of amides is 1. The number of hydrogen-bond donors (Lipinski definition) is 2. The van der Waals surface area contributed by atoms with E-state index in [2.05, 4.69) is 5.32 Å². The summed E-state index contributed by atoms with van der Waals surface area (Å²) in [5, 5.41) is 16.9. The second kappa shape index (κ2) is 8.98. The number of hydrogen-bond acceptors (Lipinski definition) is 5. The Bertz CT molecular complexity index is 990. The smallest absolute Gasteiger partial charge is 0.266 e. The maximum atomic E-state index is 12.4. The third kappa shape index (κ3) is 5.67. The molecule has 0 unspecified atom stereocenters. The van der Waals surface area contributed by atoms with Gasteiger partial charge in [0.2, 0.25) is 10.0 Å². The molecule has 27 heavy (non-hydrogen) atoms. The van der Waals surface area contributed by atoms with Crippen molar-refractivity contribution < 1.29 is 17.9 Å². The third-order valence-electron chi connectivity index (χ3n) is 3.49. The molecule has 0 fully saturated rings. The highest BCUT2D eigenvalue weighted by atomic mass is 32.2. The molecule has 0 aromatic heterocycles.